The molecule has 0 aromatic carbocycles. The lowest BCUT2D eigenvalue weighted by Crippen LogP contribution is -2.30. The molecule has 0 radical (unpaired) electrons. The normalized spacial score (nSPS) is 8.64. The molecule has 3 amide bonds. The molecule has 2 N–H and O–H groups in total. The number of carbonyl (C=O) groups excluding carboxylic acids is 2. The van der Waals surface area contributed by atoms with Gasteiger partial charge in [-0.05, 0) is 0 Å². The first-order valence-corrected chi connectivity index (χ1v) is 3.75. The van der Waals surface area contributed by atoms with Crippen LogP contribution in [0.3, 0.4) is 0 Å². The second-order valence-corrected chi connectivity index (χ2v) is 2.70. The summed E-state index contributed by atoms with van der Waals surface area (Å²) >= 11 is 0.742. The van der Waals surface area contributed by atoms with E-state index in [0.29, 0.717) is 0 Å². The van der Waals surface area contributed by atoms with Gasteiger partial charge < -0.3 is 10.2 Å². The third-order valence-corrected chi connectivity index (χ3v) is 1.65. The maximum absolute atomic E-state index is 10.8. The van der Waals surface area contributed by atoms with E-state index in [9.17, 15) is 9.59 Å². The molecular weight excluding hydrogens is 166 g/mol. The Bertz CT molecular complexity index is 160. The van der Waals surface area contributed by atoms with Crippen molar-refractivity contribution in [2.24, 2.45) is 0 Å². The van der Waals surface area contributed by atoms with E-state index >= 15 is 0 Å². The zero-order valence-electron chi connectivity index (χ0n) is 6.67. The molecule has 5 nitrogen and oxygen atoms in total. The molecule has 0 fully saturated rings. The van der Waals surface area contributed by atoms with Gasteiger partial charge in [0.05, 0.1) is 11.9 Å². The van der Waals surface area contributed by atoms with E-state index in [1.807, 2.05) is 0 Å². The first-order chi connectivity index (χ1) is 5.07. The van der Waals surface area contributed by atoms with Gasteiger partial charge in [-0.15, -0.1) is 0 Å². The third kappa shape index (κ3) is 4.49. The van der Waals surface area contributed by atoms with Gasteiger partial charge in [-0.3, -0.25) is 9.52 Å². The average Bonchev–Trinajstić information content (AvgIpc) is 1.99. The lowest BCUT2D eigenvalue weighted by atomic mass is 11.0. The molecule has 0 bridgehead atoms. The van der Waals surface area contributed by atoms with Crippen LogP contribution >= 0.6 is 11.9 Å². The summed E-state index contributed by atoms with van der Waals surface area (Å²) in [6.45, 7) is 0. The van der Waals surface area contributed by atoms with Gasteiger partial charge >= 0.3 is 11.3 Å². The van der Waals surface area contributed by atoms with Gasteiger partial charge in [-0.2, -0.15) is 0 Å². The van der Waals surface area contributed by atoms with E-state index < -0.39 is 0 Å². The lowest BCUT2D eigenvalue weighted by molar-refractivity contribution is 0.239. The summed E-state index contributed by atoms with van der Waals surface area (Å²) in [6, 6.07) is -0.384. The Kier molecular flexibility index (Phi) is 4.44. The molecule has 11 heavy (non-hydrogen) atoms. The zero-order valence-corrected chi connectivity index (χ0v) is 7.49. The second kappa shape index (κ2) is 4.84. The summed E-state index contributed by atoms with van der Waals surface area (Å²) in [4.78, 5) is 22.7. The molecule has 0 saturated carbocycles. The predicted molar refractivity (Wildman–Crippen MR) is 44.3 cm³/mol. The second-order valence-electron chi connectivity index (χ2n) is 1.94. The van der Waals surface area contributed by atoms with Gasteiger partial charge in [-0.1, -0.05) is 0 Å². The van der Waals surface area contributed by atoms with E-state index in [4.69, 9.17) is 0 Å². The van der Waals surface area contributed by atoms with Crippen LogP contribution in [0.4, 0.5) is 9.59 Å². The Morgan fingerprint density at radius 1 is 1.36 bits per heavy atom. The van der Waals surface area contributed by atoms with Crippen molar-refractivity contribution >= 4 is 23.2 Å². The molecule has 0 saturated heterocycles. The summed E-state index contributed by atoms with van der Waals surface area (Å²) < 4.78 is 2.29. The maximum Gasteiger partial charge on any atom is 0.324 e. The Labute approximate surface area is 69.6 Å². The van der Waals surface area contributed by atoms with E-state index in [1.54, 1.807) is 14.1 Å². The van der Waals surface area contributed by atoms with Crippen molar-refractivity contribution in [3.05, 3.63) is 0 Å². The summed E-state index contributed by atoms with van der Waals surface area (Å²) in [6.07, 6.45) is 0. The highest BCUT2D eigenvalue weighted by atomic mass is 32.2. The summed E-state index contributed by atoms with van der Waals surface area (Å²) in [5, 5.41) is 2.10. The summed E-state index contributed by atoms with van der Waals surface area (Å²) in [7, 11) is 4.71. The van der Waals surface area contributed by atoms with E-state index in [1.165, 1.54) is 11.9 Å². The van der Waals surface area contributed by atoms with Crippen molar-refractivity contribution < 1.29 is 9.59 Å². The Morgan fingerprint density at radius 3 is 2.27 bits per heavy atom. The van der Waals surface area contributed by atoms with Gasteiger partial charge in [0, 0.05) is 21.1 Å². The van der Waals surface area contributed by atoms with Crippen LogP contribution in [0, 0.1) is 0 Å². The summed E-state index contributed by atoms with van der Waals surface area (Å²) in [5.41, 5.74) is 0. The van der Waals surface area contributed by atoms with Crippen LogP contribution in [0.25, 0.3) is 0 Å². The number of rotatable bonds is 0. The lowest BCUT2D eigenvalue weighted by Gasteiger charge is -2.08. The minimum absolute atomic E-state index is 0.214. The smallest absolute Gasteiger partial charge is 0.324 e. The van der Waals surface area contributed by atoms with Crippen LogP contribution in [0.1, 0.15) is 0 Å². The SMILES string of the molecule is CNC(=O)NSC(=O)N(C)C. The topological polar surface area (TPSA) is 61.4 Å². The Morgan fingerprint density at radius 2 is 1.91 bits per heavy atom. The number of urea groups is 1. The van der Waals surface area contributed by atoms with Crippen LogP contribution in [0.5, 0.6) is 0 Å². The molecule has 64 valence electrons. The molecule has 0 atom stereocenters. The molecule has 6 heteroatoms. The monoisotopic (exact) mass is 177 g/mol. The van der Waals surface area contributed by atoms with Crippen LogP contribution in [-0.4, -0.2) is 37.3 Å². The first kappa shape index (κ1) is 10.1. The number of nitrogens with zero attached hydrogens (tertiary/aromatic N) is 1. The van der Waals surface area contributed by atoms with Crippen LogP contribution in [-0.2, 0) is 0 Å². The number of nitrogens with one attached hydrogen (secondary N) is 2. The highest BCUT2D eigenvalue weighted by Gasteiger charge is 2.05. The number of carbonyl (C=O) groups is 2. The van der Waals surface area contributed by atoms with Gasteiger partial charge in [0.15, 0.2) is 0 Å². The van der Waals surface area contributed by atoms with Crippen LogP contribution in [0.2, 0.25) is 0 Å². The summed E-state index contributed by atoms with van der Waals surface area (Å²) in [5.74, 6) is 0. The van der Waals surface area contributed by atoms with Crippen molar-refractivity contribution in [2.75, 3.05) is 21.1 Å². The zero-order chi connectivity index (χ0) is 8.85. The maximum atomic E-state index is 10.8. The highest BCUT2D eigenvalue weighted by Crippen LogP contribution is 1.98. The van der Waals surface area contributed by atoms with Crippen LogP contribution < -0.4 is 10.0 Å². The molecule has 0 aliphatic carbocycles. The average molecular weight is 177 g/mol. The van der Waals surface area contributed by atoms with Gasteiger partial charge in [0.25, 0.3) is 0 Å². The quantitative estimate of drug-likeness (QED) is 0.521. The minimum atomic E-state index is -0.384. The molecular formula is C5H11N3O2S. The van der Waals surface area contributed by atoms with E-state index in [0.717, 1.165) is 11.9 Å². The predicted octanol–water partition coefficient (Wildman–Crippen LogP) is 0.245. The van der Waals surface area contributed by atoms with Crippen LogP contribution in [0.15, 0.2) is 0 Å². The van der Waals surface area contributed by atoms with Crippen molar-refractivity contribution in [2.45, 2.75) is 0 Å². The Hall–Kier alpha value is -0.910. The Balaban J connectivity index is 3.54. The standard InChI is InChI=1S/C5H11N3O2S/c1-6-4(9)7-11-5(10)8(2)3/h1-3H3,(H2,6,7,9). The molecule has 0 heterocycles. The van der Waals surface area contributed by atoms with Crippen molar-refractivity contribution in [1.82, 2.24) is 14.9 Å². The van der Waals surface area contributed by atoms with Crippen molar-refractivity contribution in [1.29, 1.82) is 0 Å². The number of hydrogen-bond donors (Lipinski definition) is 2. The molecule has 0 aliphatic rings. The largest absolute Gasteiger partial charge is 0.341 e. The molecule has 0 aromatic rings. The molecule has 0 aliphatic heterocycles. The fourth-order valence-corrected chi connectivity index (χ4v) is 0.697. The van der Waals surface area contributed by atoms with E-state index in [2.05, 4.69) is 10.0 Å². The number of hydrogen-bond acceptors (Lipinski definition) is 3. The van der Waals surface area contributed by atoms with Gasteiger partial charge in [0.1, 0.15) is 0 Å². The van der Waals surface area contributed by atoms with Crippen molar-refractivity contribution in [3.63, 3.8) is 0 Å². The fraction of sp³-hybridized carbons (Fsp3) is 0.600. The van der Waals surface area contributed by atoms with Gasteiger partial charge in [0.2, 0.25) is 0 Å². The van der Waals surface area contributed by atoms with Crippen molar-refractivity contribution in [3.8, 4) is 0 Å². The molecule has 0 aromatic heterocycles. The van der Waals surface area contributed by atoms with Gasteiger partial charge in [-0.25, -0.2) is 4.79 Å². The molecule has 0 unspecified atom stereocenters. The third-order valence-electron chi connectivity index (χ3n) is 0.823. The van der Waals surface area contributed by atoms with E-state index in [-0.39, 0.29) is 11.3 Å². The first-order valence-electron chi connectivity index (χ1n) is 2.93. The molecule has 0 spiro atoms. The minimum Gasteiger partial charge on any atom is -0.341 e. The fourth-order valence-electron chi connectivity index (χ4n) is 0.232. The molecule has 0 rings (SSSR count). The number of amides is 3. The highest BCUT2D eigenvalue weighted by molar-refractivity contribution is 8.12.